The van der Waals surface area contributed by atoms with Gasteiger partial charge < -0.3 is 0 Å². The van der Waals surface area contributed by atoms with Crippen LogP contribution in [-0.4, -0.2) is 28.2 Å². The number of pyridine rings is 1. The molecule has 4 nitrogen and oxygen atoms in total. The lowest BCUT2D eigenvalue weighted by Gasteiger charge is -2.13. The summed E-state index contributed by atoms with van der Waals surface area (Å²) < 4.78 is 0.657. The van der Waals surface area contributed by atoms with Crippen molar-refractivity contribution in [1.82, 2.24) is 9.88 Å². The zero-order valence-electron chi connectivity index (χ0n) is 12.7. The Labute approximate surface area is 147 Å². The molecule has 24 heavy (non-hydrogen) atoms. The number of carbonyl (C=O) groups excluding carboxylic acids is 2. The monoisotopic (exact) mass is 380 g/mol. The van der Waals surface area contributed by atoms with Crippen molar-refractivity contribution in [1.29, 1.82) is 0 Å². The molecule has 2 heterocycles. The van der Waals surface area contributed by atoms with Crippen LogP contribution >= 0.6 is 15.9 Å². The maximum atomic E-state index is 12.5. The third-order valence-corrected chi connectivity index (χ3v) is 4.86. The smallest absolute Gasteiger partial charge is 0.262 e. The minimum Gasteiger partial charge on any atom is -0.274 e. The number of imide groups is 1. The van der Waals surface area contributed by atoms with Crippen molar-refractivity contribution in [2.45, 2.75) is 6.42 Å². The summed E-state index contributed by atoms with van der Waals surface area (Å²) in [5.74, 6) is -0.486. The van der Waals surface area contributed by atoms with E-state index in [1.165, 1.54) is 4.90 Å². The molecule has 2 amide bonds. The number of hydrogen-bond acceptors (Lipinski definition) is 3. The molecule has 0 fully saturated rings. The average Bonchev–Trinajstić information content (AvgIpc) is 2.85. The first-order chi connectivity index (χ1) is 11.6. The molecule has 5 heteroatoms. The van der Waals surface area contributed by atoms with Gasteiger partial charge in [0.25, 0.3) is 11.8 Å². The fraction of sp³-hybridized carbons (Fsp3) is 0.105. The van der Waals surface area contributed by atoms with Gasteiger partial charge in [-0.3, -0.25) is 19.5 Å². The summed E-state index contributed by atoms with van der Waals surface area (Å²) in [6.07, 6.45) is 0.536. The van der Waals surface area contributed by atoms with Crippen LogP contribution in [0.3, 0.4) is 0 Å². The summed E-state index contributed by atoms with van der Waals surface area (Å²) in [5, 5.41) is 1.07. The molecular weight excluding hydrogens is 368 g/mol. The lowest BCUT2D eigenvalue weighted by atomic mass is 10.1. The normalized spacial score (nSPS) is 13.6. The Morgan fingerprint density at radius 3 is 2.58 bits per heavy atom. The molecule has 0 atom stereocenters. The first kappa shape index (κ1) is 15.0. The molecule has 0 radical (unpaired) electrons. The van der Waals surface area contributed by atoms with Crippen LogP contribution in [0, 0.1) is 0 Å². The maximum absolute atomic E-state index is 12.5. The van der Waals surface area contributed by atoms with E-state index in [1.54, 1.807) is 18.2 Å². The number of hydrogen-bond donors (Lipinski definition) is 0. The van der Waals surface area contributed by atoms with Crippen molar-refractivity contribution in [2.24, 2.45) is 0 Å². The van der Waals surface area contributed by atoms with Gasteiger partial charge in [-0.1, -0.05) is 30.3 Å². The summed E-state index contributed by atoms with van der Waals surface area (Å²) in [6.45, 7) is 0.324. The summed E-state index contributed by atoms with van der Waals surface area (Å²) in [7, 11) is 0. The highest BCUT2D eigenvalue weighted by Crippen LogP contribution is 2.29. The molecule has 1 aliphatic rings. The van der Waals surface area contributed by atoms with Gasteiger partial charge in [-0.25, -0.2) is 0 Å². The lowest BCUT2D eigenvalue weighted by molar-refractivity contribution is 0.0655. The van der Waals surface area contributed by atoms with Crippen molar-refractivity contribution >= 4 is 38.6 Å². The topological polar surface area (TPSA) is 50.3 Å². The number of nitrogens with zero attached hydrogens (tertiary/aromatic N) is 2. The van der Waals surface area contributed by atoms with E-state index in [9.17, 15) is 9.59 Å². The number of fused-ring (bicyclic) bond motifs is 2. The fourth-order valence-electron chi connectivity index (χ4n) is 2.97. The minimum atomic E-state index is -0.247. The molecule has 2 aromatic carbocycles. The van der Waals surface area contributed by atoms with Crippen LogP contribution in [0.1, 0.15) is 26.4 Å². The summed E-state index contributed by atoms with van der Waals surface area (Å²) in [5.41, 5.74) is 2.69. The van der Waals surface area contributed by atoms with Crippen molar-refractivity contribution in [3.05, 3.63) is 75.9 Å². The van der Waals surface area contributed by atoms with Crippen LogP contribution in [0.25, 0.3) is 10.9 Å². The van der Waals surface area contributed by atoms with E-state index in [0.29, 0.717) is 28.6 Å². The Bertz CT molecular complexity index is 984. The molecule has 1 aromatic heterocycles. The van der Waals surface area contributed by atoms with Gasteiger partial charge in [0.2, 0.25) is 0 Å². The maximum Gasteiger partial charge on any atom is 0.262 e. The molecule has 0 N–H and O–H groups in total. The third-order valence-electron chi connectivity index (χ3n) is 4.20. The largest absolute Gasteiger partial charge is 0.274 e. The molecule has 3 aromatic rings. The molecule has 0 spiro atoms. The Kier molecular flexibility index (Phi) is 3.65. The summed E-state index contributed by atoms with van der Waals surface area (Å²) in [6, 6.07) is 17.1. The highest BCUT2D eigenvalue weighted by molar-refractivity contribution is 9.10. The number of halogens is 1. The predicted molar refractivity (Wildman–Crippen MR) is 95.0 cm³/mol. The Morgan fingerprint density at radius 1 is 0.917 bits per heavy atom. The Balaban J connectivity index is 1.57. The molecule has 0 bridgehead atoms. The SMILES string of the molecule is O=C1c2cccc(Br)c2C(=O)N1CCc1ccc2ccccc2n1. The first-order valence-corrected chi connectivity index (χ1v) is 8.44. The number of carbonyl (C=O) groups is 2. The van der Waals surface area contributed by atoms with Crippen LogP contribution < -0.4 is 0 Å². The lowest BCUT2D eigenvalue weighted by Crippen LogP contribution is -2.32. The Hall–Kier alpha value is -2.53. The molecule has 0 saturated carbocycles. The predicted octanol–water partition coefficient (Wildman–Crippen LogP) is 3.84. The van der Waals surface area contributed by atoms with Crippen molar-refractivity contribution in [3.63, 3.8) is 0 Å². The molecule has 0 aliphatic carbocycles. The average molecular weight is 381 g/mol. The standard InChI is InChI=1S/C19H13BrN2O2/c20-15-6-3-5-14-17(15)19(24)22(18(14)23)11-10-13-9-8-12-4-1-2-7-16(12)21-13/h1-9H,10-11H2. The quantitative estimate of drug-likeness (QED) is 0.648. The van der Waals surface area contributed by atoms with Crippen molar-refractivity contribution < 1.29 is 9.59 Å². The molecule has 0 unspecified atom stereocenters. The molecule has 118 valence electrons. The number of amides is 2. The fourth-order valence-corrected chi connectivity index (χ4v) is 3.51. The third kappa shape index (κ3) is 2.41. The second kappa shape index (κ2) is 5.83. The zero-order valence-corrected chi connectivity index (χ0v) is 14.3. The van der Waals surface area contributed by atoms with E-state index in [4.69, 9.17) is 0 Å². The number of rotatable bonds is 3. The second-order valence-corrected chi connectivity index (χ2v) is 6.52. The van der Waals surface area contributed by atoms with E-state index in [0.717, 1.165) is 16.6 Å². The van der Waals surface area contributed by atoms with E-state index in [1.807, 2.05) is 36.4 Å². The number of aromatic nitrogens is 1. The molecule has 0 saturated heterocycles. The highest BCUT2D eigenvalue weighted by Gasteiger charge is 2.36. The van der Waals surface area contributed by atoms with Crippen LogP contribution in [0.15, 0.2) is 59.1 Å². The van der Waals surface area contributed by atoms with Crippen molar-refractivity contribution in [3.8, 4) is 0 Å². The van der Waals surface area contributed by atoms with Gasteiger partial charge in [0.05, 0.1) is 16.6 Å². The Morgan fingerprint density at radius 2 is 1.75 bits per heavy atom. The summed E-state index contributed by atoms with van der Waals surface area (Å²) in [4.78, 5) is 30.9. The first-order valence-electron chi connectivity index (χ1n) is 7.64. The molecule has 1 aliphatic heterocycles. The van der Waals surface area contributed by atoms with Gasteiger partial charge in [0, 0.05) is 28.5 Å². The van der Waals surface area contributed by atoms with Crippen molar-refractivity contribution in [2.75, 3.05) is 6.54 Å². The van der Waals surface area contributed by atoms with E-state index in [2.05, 4.69) is 20.9 Å². The van der Waals surface area contributed by atoms with Gasteiger partial charge in [0.1, 0.15) is 0 Å². The van der Waals surface area contributed by atoms with Gasteiger partial charge in [0.15, 0.2) is 0 Å². The highest BCUT2D eigenvalue weighted by atomic mass is 79.9. The van der Waals surface area contributed by atoms with Crippen LogP contribution in [0.5, 0.6) is 0 Å². The van der Waals surface area contributed by atoms with Crippen LogP contribution in [0.2, 0.25) is 0 Å². The van der Waals surface area contributed by atoms with E-state index < -0.39 is 0 Å². The van der Waals surface area contributed by atoms with Gasteiger partial charge in [-0.2, -0.15) is 0 Å². The zero-order chi connectivity index (χ0) is 16.7. The van der Waals surface area contributed by atoms with Gasteiger partial charge in [-0.15, -0.1) is 0 Å². The molecular formula is C19H13BrN2O2. The number of para-hydroxylation sites is 1. The van der Waals surface area contributed by atoms with E-state index >= 15 is 0 Å². The van der Waals surface area contributed by atoms with Crippen LogP contribution in [-0.2, 0) is 6.42 Å². The number of benzene rings is 2. The second-order valence-electron chi connectivity index (χ2n) is 5.67. The van der Waals surface area contributed by atoms with E-state index in [-0.39, 0.29) is 11.8 Å². The molecule has 4 rings (SSSR count). The van der Waals surface area contributed by atoms with Gasteiger partial charge in [-0.05, 0) is 40.2 Å². The minimum absolute atomic E-state index is 0.239. The summed E-state index contributed by atoms with van der Waals surface area (Å²) >= 11 is 3.35. The van der Waals surface area contributed by atoms with Gasteiger partial charge >= 0.3 is 0 Å². The van der Waals surface area contributed by atoms with Crippen LogP contribution in [0.4, 0.5) is 0 Å².